The third-order valence-electron chi connectivity index (χ3n) is 17.1. The molecule has 18 rings (SSSR count). The zero-order valence-electron chi connectivity index (χ0n) is 43.1. The molecule has 1 aliphatic rings. The molecule has 12 aromatic carbocycles. The summed E-state index contributed by atoms with van der Waals surface area (Å²) in [7, 11) is 0. The molecular weight excluding hydrogens is 973 g/mol. The van der Waals surface area contributed by atoms with E-state index in [1.807, 2.05) is 0 Å². The zero-order chi connectivity index (χ0) is 52.2. The molecule has 17 aromatic rings. The first-order valence-corrected chi connectivity index (χ1v) is 27.4. The van der Waals surface area contributed by atoms with Crippen LogP contribution in [0, 0.1) is 0 Å². The lowest BCUT2D eigenvalue weighted by atomic mass is 9.99. The van der Waals surface area contributed by atoms with Crippen LogP contribution < -0.4 is 0 Å². The van der Waals surface area contributed by atoms with Crippen molar-refractivity contribution in [3.63, 3.8) is 0 Å². The lowest BCUT2D eigenvalue weighted by molar-refractivity contribution is 1.15. The van der Waals surface area contributed by atoms with Crippen LogP contribution in [0.1, 0.15) is 0 Å². The van der Waals surface area contributed by atoms with E-state index in [4.69, 9.17) is 9.97 Å². The molecule has 6 nitrogen and oxygen atoms in total. The molecule has 0 spiro atoms. The first-order valence-electron chi connectivity index (χ1n) is 27.4. The zero-order valence-corrected chi connectivity index (χ0v) is 43.1. The number of rotatable bonds is 6. The van der Waals surface area contributed by atoms with Crippen molar-refractivity contribution in [1.82, 2.24) is 28.2 Å². The summed E-state index contributed by atoms with van der Waals surface area (Å²) in [5.74, 6) is 0.680. The average molecular weight is 1020 g/mol. The minimum atomic E-state index is 0.680. The molecule has 370 valence electrons. The van der Waals surface area contributed by atoms with Crippen molar-refractivity contribution in [1.29, 1.82) is 0 Å². The summed E-state index contributed by atoms with van der Waals surface area (Å²) < 4.78 is 9.63. The fourth-order valence-electron chi connectivity index (χ4n) is 13.7. The molecule has 1 aliphatic carbocycles. The number of aromatic nitrogens is 6. The van der Waals surface area contributed by atoms with Crippen molar-refractivity contribution in [3.8, 4) is 67.8 Å². The topological polar surface area (TPSA) is 45.5 Å². The van der Waals surface area contributed by atoms with E-state index >= 15 is 0 Å². The molecule has 80 heavy (non-hydrogen) atoms. The molecule has 0 fully saturated rings. The number of hydrogen-bond acceptors (Lipinski definition) is 2. The van der Waals surface area contributed by atoms with Gasteiger partial charge < -0.3 is 18.3 Å². The number of benzene rings is 12. The van der Waals surface area contributed by atoms with Gasteiger partial charge in [0, 0.05) is 88.1 Å². The number of hydrogen-bond donors (Lipinski definition) is 0. The second-order valence-corrected chi connectivity index (χ2v) is 21.3. The molecule has 0 unspecified atom stereocenters. The van der Waals surface area contributed by atoms with Gasteiger partial charge in [0.2, 0.25) is 0 Å². The SMILES string of the molecule is c1cc(-c2nc(-c3cccc(-n4c5ccccc5c5cc(-n6c7ccccc7c7ccccc76)ccc54)c3)c3c(n2)-c2cccc4cccc-3c24)cc(-n2c3ccccc3c3cc(-n4c5ccccc5c5ccccc54)ccc32)c1. The highest BCUT2D eigenvalue weighted by Gasteiger charge is 2.29. The van der Waals surface area contributed by atoms with Crippen molar-refractivity contribution in [2.24, 2.45) is 0 Å². The molecule has 5 aromatic heterocycles. The largest absolute Gasteiger partial charge is 0.309 e. The van der Waals surface area contributed by atoms with Gasteiger partial charge in [-0.15, -0.1) is 0 Å². The number of fused-ring (bicyclic) bond motifs is 15. The Labute approximate surface area is 458 Å². The third-order valence-corrected chi connectivity index (χ3v) is 17.1. The van der Waals surface area contributed by atoms with Gasteiger partial charge in [0.05, 0.1) is 55.5 Å². The maximum atomic E-state index is 5.69. The van der Waals surface area contributed by atoms with E-state index in [1.54, 1.807) is 0 Å². The van der Waals surface area contributed by atoms with E-state index < -0.39 is 0 Å². The van der Waals surface area contributed by atoms with E-state index in [9.17, 15) is 0 Å². The first-order chi connectivity index (χ1) is 39.7. The Hall–Kier alpha value is -10.8. The number of para-hydroxylation sites is 6. The second-order valence-electron chi connectivity index (χ2n) is 21.3. The Kier molecular flexibility index (Phi) is 8.85. The van der Waals surface area contributed by atoms with Crippen LogP contribution >= 0.6 is 0 Å². The Morgan fingerprint density at radius 1 is 0.237 bits per heavy atom. The predicted octanol–water partition coefficient (Wildman–Crippen LogP) is 19.0. The Morgan fingerprint density at radius 2 is 0.588 bits per heavy atom. The fraction of sp³-hybridized carbons (Fsp3) is 0. The van der Waals surface area contributed by atoms with Crippen molar-refractivity contribution in [3.05, 3.63) is 267 Å². The lowest BCUT2D eigenvalue weighted by Crippen LogP contribution is -2.00. The van der Waals surface area contributed by atoms with Gasteiger partial charge in [-0.25, -0.2) is 9.97 Å². The minimum absolute atomic E-state index is 0.680. The standard InChI is InChI=1S/C74H44N6/c1-7-31-62-52(23-1)53-24-2-8-32-63(53)79(62)50-37-39-68-60(43-50)56-27-5-11-35-66(56)77(68)48-21-13-19-46(41-48)72-71-58-29-15-17-45-18-16-30-59(70(45)58)73(71)76-74(75-72)47-20-14-22-49(42-47)78-67-36-12-6-28-57(67)61-44-51(38-40-69(61)78)80-64-33-9-3-25-54(64)55-26-4-10-34-65(55)80/h1-44H. The summed E-state index contributed by atoms with van der Waals surface area (Å²) in [4.78, 5) is 11.3. The van der Waals surface area contributed by atoms with Crippen LogP contribution in [0.5, 0.6) is 0 Å². The average Bonchev–Trinajstić information content (AvgIpc) is 4.37. The van der Waals surface area contributed by atoms with Crippen molar-refractivity contribution >= 4 is 98.0 Å². The van der Waals surface area contributed by atoms with Crippen molar-refractivity contribution < 1.29 is 0 Å². The van der Waals surface area contributed by atoms with Gasteiger partial charge in [-0.2, -0.15) is 0 Å². The highest BCUT2D eigenvalue weighted by Crippen LogP contribution is 2.51. The Balaban J connectivity index is 0.805. The predicted molar refractivity (Wildman–Crippen MR) is 332 cm³/mol. The smallest absolute Gasteiger partial charge is 0.160 e. The highest BCUT2D eigenvalue weighted by molar-refractivity contribution is 6.18. The maximum absolute atomic E-state index is 5.69. The molecule has 0 saturated carbocycles. The number of nitrogens with zero attached hydrogens (tertiary/aromatic N) is 6. The first kappa shape index (κ1) is 43.3. The highest BCUT2D eigenvalue weighted by atomic mass is 15.0. The van der Waals surface area contributed by atoms with Gasteiger partial charge in [-0.1, -0.05) is 170 Å². The fourth-order valence-corrected chi connectivity index (χ4v) is 13.7. The summed E-state index contributed by atoms with van der Waals surface area (Å²) in [5, 5.41) is 12.2. The van der Waals surface area contributed by atoms with Gasteiger partial charge in [-0.3, -0.25) is 0 Å². The normalized spacial score (nSPS) is 12.2. The summed E-state index contributed by atoms with van der Waals surface area (Å²) >= 11 is 0. The lowest BCUT2D eigenvalue weighted by Gasteiger charge is -2.15. The van der Waals surface area contributed by atoms with E-state index in [-0.39, 0.29) is 0 Å². The molecule has 0 bridgehead atoms. The van der Waals surface area contributed by atoms with Crippen LogP contribution in [-0.4, -0.2) is 28.2 Å². The van der Waals surface area contributed by atoms with Crippen LogP contribution in [0.3, 0.4) is 0 Å². The molecule has 0 aliphatic heterocycles. The van der Waals surface area contributed by atoms with E-state index in [2.05, 4.69) is 285 Å². The maximum Gasteiger partial charge on any atom is 0.160 e. The van der Waals surface area contributed by atoms with Gasteiger partial charge in [-0.05, 0) is 113 Å². The second kappa shape index (κ2) is 16.4. The summed E-state index contributed by atoms with van der Waals surface area (Å²) in [6.45, 7) is 0. The molecular formula is C74H44N6. The van der Waals surface area contributed by atoms with Crippen LogP contribution in [0.15, 0.2) is 267 Å². The molecule has 6 heteroatoms. The summed E-state index contributed by atoms with van der Waals surface area (Å²) in [6, 6.07) is 97.3. The van der Waals surface area contributed by atoms with Gasteiger partial charge >= 0.3 is 0 Å². The van der Waals surface area contributed by atoms with Crippen LogP contribution in [0.4, 0.5) is 0 Å². The molecule has 0 saturated heterocycles. The van der Waals surface area contributed by atoms with E-state index in [1.165, 1.54) is 75.9 Å². The Bertz CT molecular complexity index is 5400. The molecule has 5 heterocycles. The van der Waals surface area contributed by atoms with Gasteiger partial charge in [0.15, 0.2) is 5.82 Å². The molecule has 0 atom stereocenters. The van der Waals surface area contributed by atoms with E-state index in [0.29, 0.717) is 5.82 Å². The Morgan fingerprint density at radius 3 is 1.05 bits per heavy atom. The third kappa shape index (κ3) is 6.01. The van der Waals surface area contributed by atoms with Crippen molar-refractivity contribution in [2.45, 2.75) is 0 Å². The van der Waals surface area contributed by atoms with Crippen LogP contribution in [-0.2, 0) is 0 Å². The molecule has 0 N–H and O–H groups in total. The molecule has 0 radical (unpaired) electrons. The quantitative estimate of drug-likeness (QED) is 0.167. The monoisotopic (exact) mass is 1020 g/mol. The van der Waals surface area contributed by atoms with Gasteiger partial charge in [0.1, 0.15) is 0 Å². The molecule has 0 amide bonds. The summed E-state index contributed by atoms with van der Waals surface area (Å²) in [6.07, 6.45) is 0. The minimum Gasteiger partial charge on any atom is -0.309 e. The van der Waals surface area contributed by atoms with Crippen LogP contribution in [0.25, 0.3) is 166 Å². The van der Waals surface area contributed by atoms with Crippen molar-refractivity contribution in [2.75, 3.05) is 0 Å². The van der Waals surface area contributed by atoms with E-state index in [0.717, 1.165) is 84.0 Å². The van der Waals surface area contributed by atoms with Crippen LogP contribution in [0.2, 0.25) is 0 Å². The summed E-state index contributed by atoms with van der Waals surface area (Å²) in [5.41, 5.74) is 20.9. The van der Waals surface area contributed by atoms with Gasteiger partial charge in [0.25, 0.3) is 0 Å².